The molecule has 7 rings (SSSR count). The first-order chi connectivity index (χ1) is 19.0. The third kappa shape index (κ3) is 3.49. The zero-order valence-electron chi connectivity index (χ0n) is 23.5. The van der Waals surface area contributed by atoms with Gasteiger partial charge in [0.1, 0.15) is 0 Å². The summed E-state index contributed by atoms with van der Waals surface area (Å²) in [6, 6.07) is 12.2. The molecule has 0 radical (unpaired) electrons. The highest BCUT2D eigenvalue weighted by Crippen LogP contribution is 2.54. The summed E-state index contributed by atoms with van der Waals surface area (Å²) in [5.41, 5.74) is 10.7. The van der Waals surface area contributed by atoms with Crippen molar-refractivity contribution in [3.63, 3.8) is 0 Å². The number of carbonyl (C=O) groups is 2. The van der Waals surface area contributed by atoms with Gasteiger partial charge in [-0.05, 0) is 55.2 Å². The fourth-order valence-corrected chi connectivity index (χ4v) is 7.96. The first-order valence-electron chi connectivity index (χ1n) is 14.2. The van der Waals surface area contributed by atoms with Crippen molar-refractivity contribution in [2.45, 2.75) is 76.4 Å². The highest BCUT2D eigenvalue weighted by molar-refractivity contribution is 6.08. The molecule has 5 heterocycles. The number of carboxylic acids is 2. The Morgan fingerprint density at radius 2 is 1.60 bits per heavy atom. The lowest BCUT2D eigenvalue weighted by Gasteiger charge is -2.42. The number of carboxylic acid groups (broad SMARTS) is 2. The zero-order chi connectivity index (χ0) is 28.1. The SMILES string of the molecule is CC1(C)C2=C3C=C4C5=[N+](CCC4OC3CCN2c2ccc(CC(=O)O)cc21)c1ccc(CC(=O)O)cc1C5(C)C. The maximum atomic E-state index is 11.4. The van der Waals surface area contributed by atoms with Crippen LogP contribution in [-0.4, -0.2) is 57.7 Å². The molecule has 2 aromatic carbocycles. The highest BCUT2D eigenvalue weighted by atomic mass is 16.5. The van der Waals surface area contributed by atoms with Crippen molar-refractivity contribution in [1.29, 1.82) is 0 Å². The summed E-state index contributed by atoms with van der Waals surface area (Å²) in [5, 5.41) is 18.8. The monoisotopic (exact) mass is 539 g/mol. The van der Waals surface area contributed by atoms with E-state index in [1.807, 2.05) is 12.1 Å². The fraction of sp³-hybridized carbons (Fsp3) is 0.424. The summed E-state index contributed by atoms with van der Waals surface area (Å²) < 4.78 is 9.31. The smallest absolute Gasteiger partial charge is 0.307 e. The number of anilines is 1. The van der Waals surface area contributed by atoms with E-state index in [0.717, 1.165) is 48.4 Å². The third-order valence-corrected chi connectivity index (χ3v) is 9.59. The van der Waals surface area contributed by atoms with Gasteiger partial charge in [-0.2, -0.15) is 4.58 Å². The van der Waals surface area contributed by atoms with E-state index in [1.54, 1.807) is 0 Å². The quantitative estimate of drug-likeness (QED) is 0.539. The molecule has 2 atom stereocenters. The minimum atomic E-state index is -0.818. The van der Waals surface area contributed by atoms with Crippen LogP contribution in [0, 0.1) is 0 Å². The molecular formula is C33H35N2O5+. The number of nitrogens with zero attached hydrogens (tertiary/aromatic N) is 2. The molecule has 5 aliphatic rings. The molecule has 0 saturated heterocycles. The van der Waals surface area contributed by atoms with Gasteiger partial charge < -0.3 is 19.8 Å². The lowest BCUT2D eigenvalue weighted by atomic mass is 9.73. The summed E-state index contributed by atoms with van der Waals surface area (Å²) in [6.45, 7) is 10.7. The number of ether oxygens (including phenoxy) is 1. The molecule has 0 bridgehead atoms. The van der Waals surface area contributed by atoms with Gasteiger partial charge in [0.2, 0.25) is 5.69 Å². The molecule has 0 spiro atoms. The summed E-state index contributed by atoms with van der Waals surface area (Å²) in [6.07, 6.45) is 4.33. The van der Waals surface area contributed by atoms with E-state index in [4.69, 9.17) is 4.74 Å². The molecule has 2 unspecified atom stereocenters. The van der Waals surface area contributed by atoms with Crippen LogP contribution in [0.2, 0.25) is 0 Å². The molecule has 0 fully saturated rings. The van der Waals surface area contributed by atoms with Crippen molar-refractivity contribution >= 4 is 29.0 Å². The maximum Gasteiger partial charge on any atom is 0.307 e. The standard InChI is InChI=1S/C33H34N2O5/c1-32(2)22-13-18(15-28(36)37)5-7-24(22)34-11-9-26-20(30(32)34)17-21-27(40-26)10-12-35-25-8-6-19(16-29(38)39)14-23(25)33(3,4)31(21)35/h5-8,13-14,17,26-27H,9-12,15-16H2,1-4H3,(H-,36,37,38,39)/p+1. The molecule has 5 aliphatic heterocycles. The first kappa shape index (κ1) is 25.3. The number of allylic oxidation sites excluding steroid dienone is 1. The van der Waals surface area contributed by atoms with Crippen LogP contribution in [0.4, 0.5) is 11.4 Å². The summed E-state index contributed by atoms with van der Waals surface area (Å²) in [7, 11) is 0. The molecule has 40 heavy (non-hydrogen) atoms. The number of hydrogen-bond acceptors (Lipinski definition) is 4. The Morgan fingerprint density at radius 3 is 2.30 bits per heavy atom. The van der Waals surface area contributed by atoms with Crippen LogP contribution in [0.5, 0.6) is 0 Å². The first-order valence-corrected chi connectivity index (χ1v) is 14.2. The van der Waals surface area contributed by atoms with Gasteiger partial charge in [-0.15, -0.1) is 0 Å². The normalized spacial score (nSPS) is 24.9. The molecular weight excluding hydrogens is 504 g/mol. The Bertz CT molecular complexity index is 1610. The Labute approximate surface area is 234 Å². The minimum Gasteiger partial charge on any atom is -0.481 e. The van der Waals surface area contributed by atoms with Crippen LogP contribution in [0.25, 0.3) is 0 Å². The number of aliphatic carboxylic acids is 2. The predicted molar refractivity (Wildman–Crippen MR) is 152 cm³/mol. The van der Waals surface area contributed by atoms with Crippen molar-refractivity contribution in [2.24, 2.45) is 0 Å². The molecule has 0 saturated carbocycles. The van der Waals surface area contributed by atoms with Crippen molar-refractivity contribution in [3.05, 3.63) is 81.6 Å². The van der Waals surface area contributed by atoms with Gasteiger partial charge in [0.25, 0.3) is 0 Å². The minimum absolute atomic E-state index is 0.0186. The van der Waals surface area contributed by atoms with Gasteiger partial charge in [0, 0.05) is 52.5 Å². The van der Waals surface area contributed by atoms with Gasteiger partial charge in [-0.3, -0.25) is 9.59 Å². The zero-order valence-corrected chi connectivity index (χ0v) is 23.5. The van der Waals surface area contributed by atoms with Crippen molar-refractivity contribution in [1.82, 2.24) is 0 Å². The molecule has 0 aliphatic carbocycles. The molecule has 0 amide bonds. The second kappa shape index (κ2) is 8.40. The summed E-state index contributed by atoms with van der Waals surface area (Å²) >= 11 is 0. The van der Waals surface area contributed by atoms with Gasteiger partial charge in [0.15, 0.2) is 12.3 Å². The van der Waals surface area contributed by atoms with Gasteiger partial charge in [-0.25, -0.2) is 0 Å². The number of benzene rings is 2. The van der Waals surface area contributed by atoms with E-state index >= 15 is 0 Å². The Morgan fingerprint density at radius 1 is 0.925 bits per heavy atom. The van der Waals surface area contributed by atoms with E-state index in [2.05, 4.69) is 67.5 Å². The predicted octanol–water partition coefficient (Wildman–Crippen LogP) is 4.87. The van der Waals surface area contributed by atoms with Crippen LogP contribution in [-0.2, 0) is 38.0 Å². The Hall–Kier alpha value is -3.71. The Balaban J connectivity index is 1.36. The topological polar surface area (TPSA) is 90.1 Å². The number of fused-ring (bicyclic) bond motifs is 8. The van der Waals surface area contributed by atoms with Crippen LogP contribution in [0.1, 0.15) is 62.8 Å². The molecule has 0 aromatic heterocycles. The van der Waals surface area contributed by atoms with Crippen molar-refractivity contribution in [3.8, 4) is 0 Å². The van der Waals surface area contributed by atoms with Crippen molar-refractivity contribution < 1.29 is 29.1 Å². The number of rotatable bonds is 4. The fourth-order valence-electron chi connectivity index (χ4n) is 7.96. The molecule has 7 heteroatoms. The van der Waals surface area contributed by atoms with Crippen molar-refractivity contribution in [2.75, 3.05) is 18.0 Å². The van der Waals surface area contributed by atoms with Gasteiger partial charge in [0.05, 0.1) is 30.5 Å². The number of hydrogen-bond donors (Lipinski definition) is 2. The van der Waals surface area contributed by atoms with Gasteiger partial charge in [-0.1, -0.05) is 32.0 Å². The lowest BCUT2D eigenvalue weighted by molar-refractivity contribution is -0.445. The van der Waals surface area contributed by atoms with Crippen LogP contribution in [0.3, 0.4) is 0 Å². The van der Waals surface area contributed by atoms with Crippen LogP contribution in [0.15, 0.2) is 59.3 Å². The van der Waals surface area contributed by atoms with Crippen LogP contribution < -0.4 is 4.90 Å². The molecule has 7 nitrogen and oxygen atoms in total. The summed E-state index contributed by atoms with van der Waals surface area (Å²) in [5.74, 6) is -1.64. The van der Waals surface area contributed by atoms with E-state index in [0.29, 0.717) is 0 Å². The molecule has 2 aromatic rings. The van der Waals surface area contributed by atoms with E-state index in [1.165, 1.54) is 33.7 Å². The van der Waals surface area contributed by atoms with E-state index < -0.39 is 11.9 Å². The maximum absolute atomic E-state index is 11.4. The Kier molecular flexibility index (Phi) is 5.31. The average Bonchev–Trinajstić information content (AvgIpc) is 3.26. The second-order valence-corrected chi connectivity index (χ2v) is 12.8. The highest BCUT2D eigenvalue weighted by Gasteiger charge is 2.54. The van der Waals surface area contributed by atoms with Crippen LogP contribution >= 0.6 is 0 Å². The van der Waals surface area contributed by atoms with Gasteiger partial charge >= 0.3 is 11.9 Å². The molecule has 2 N–H and O–H groups in total. The van der Waals surface area contributed by atoms with E-state index in [-0.39, 0.29) is 35.9 Å². The average molecular weight is 540 g/mol. The lowest BCUT2D eigenvalue weighted by Crippen LogP contribution is -2.47. The third-order valence-electron chi connectivity index (χ3n) is 9.59. The molecule has 206 valence electrons. The van der Waals surface area contributed by atoms with E-state index in [9.17, 15) is 19.8 Å². The summed E-state index contributed by atoms with van der Waals surface area (Å²) in [4.78, 5) is 25.3. The second-order valence-electron chi connectivity index (χ2n) is 12.8. The largest absolute Gasteiger partial charge is 0.481 e.